The van der Waals surface area contributed by atoms with Crippen molar-refractivity contribution in [3.8, 4) is 11.5 Å². The molecule has 9 nitrogen and oxygen atoms in total. The number of carbonyl (C=O) groups is 3. The topological polar surface area (TPSA) is 88.6 Å². The van der Waals surface area contributed by atoms with Crippen molar-refractivity contribution >= 4 is 23.4 Å². The Kier molecular flexibility index (Phi) is 8.07. The summed E-state index contributed by atoms with van der Waals surface area (Å²) >= 11 is 0. The third kappa shape index (κ3) is 5.45. The van der Waals surface area contributed by atoms with Gasteiger partial charge in [-0.15, -0.1) is 0 Å². The Morgan fingerprint density at radius 1 is 1.05 bits per heavy atom. The number of methoxy groups -OCH3 is 2. The smallest absolute Gasteiger partial charge is 0.263 e. The Hall–Kier alpha value is -3.59. The molecule has 0 aliphatic carbocycles. The second-order valence-corrected chi connectivity index (χ2v) is 10.5. The minimum Gasteiger partial charge on any atom is -0.493 e. The number of hydrogen-bond acceptors (Lipinski definition) is 7. The summed E-state index contributed by atoms with van der Waals surface area (Å²) in [7, 11) is 5.06. The number of anilines is 1. The maximum absolute atomic E-state index is 13.4. The minimum absolute atomic E-state index is 0.0927. The van der Waals surface area contributed by atoms with Gasteiger partial charge in [0.2, 0.25) is 5.91 Å². The van der Waals surface area contributed by atoms with Crippen molar-refractivity contribution in [1.29, 1.82) is 0 Å². The molecule has 3 aliphatic rings. The standard InChI is InChI=1S/C30H37N3O6/c1-31(15-13-20-11-12-25(37-2)26(17-20)38-3)28(34)21-7-5-14-32(18-21)24-10-4-9-23-27(24)30(36)33(29(23)35)19-22-8-6-16-39-22/h4,9-12,17,21-22H,5-8,13-16,18-19H2,1-3H3. The first-order chi connectivity index (χ1) is 18.9. The largest absolute Gasteiger partial charge is 0.493 e. The third-order valence-corrected chi connectivity index (χ3v) is 8.06. The maximum Gasteiger partial charge on any atom is 0.263 e. The molecule has 208 valence electrons. The summed E-state index contributed by atoms with van der Waals surface area (Å²) in [4.78, 5) is 45.2. The van der Waals surface area contributed by atoms with Crippen LogP contribution in [0.2, 0.25) is 0 Å². The van der Waals surface area contributed by atoms with Crippen LogP contribution in [-0.4, -0.2) is 87.7 Å². The number of piperidine rings is 1. The number of imide groups is 1. The fourth-order valence-corrected chi connectivity index (χ4v) is 5.89. The van der Waals surface area contributed by atoms with Gasteiger partial charge >= 0.3 is 0 Å². The van der Waals surface area contributed by atoms with Gasteiger partial charge in [0.1, 0.15) is 0 Å². The highest BCUT2D eigenvalue weighted by Crippen LogP contribution is 2.35. The zero-order valence-electron chi connectivity index (χ0n) is 23.0. The van der Waals surface area contributed by atoms with Crippen molar-refractivity contribution in [1.82, 2.24) is 9.80 Å². The molecule has 3 heterocycles. The first-order valence-corrected chi connectivity index (χ1v) is 13.7. The highest BCUT2D eigenvalue weighted by atomic mass is 16.5. The number of rotatable bonds is 9. The average molecular weight is 536 g/mol. The molecule has 2 fully saturated rings. The van der Waals surface area contributed by atoms with Gasteiger partial charge in [-0.25, -0.2) is 0 Å². The molecule has 3 amide bonds. The van der Waals surface area contributed by atoms with Crippen molar-refractivity contribution in [2.24, 2.45) is 5.92 Å². The molecule has 2 aromatic carbocycles. The van der Waals surface area contributed by atoms with Gasteiger partial charge in [0.15, 0.2) is 11.5 Å². The van der Waals surface area contributed by atoms with Gasteiger partial charge in [-0.3, -0.25) is 19.3 Å². The van der Waals surface area contributed by atoms with E-state index >= 15 is 0 Å². The molecule has 2 saturated heterocycles. The van der Waals surface area contributed by atoms with Crippen LogP contribution in [0.15, 0.2) is 36.4 Å². The molecule has 2 unspecified atom stereocenters. The third-order valence-electron chi connectivity index (χ3n) is 8.06. The van der Waals surface area contributed by atoms with Crippen molar-refractivity contribution in [2.75, 3.05) is 59.0 Å². The van der Waals surface area contributed by atoms with Crippen molar-refractivity contribution in [2.45, 2.75) is 38.2 Å². The van der Waals surface area contributed by atoms with E-state index in [-0.39, 0.29) is 36.3 Å². The van der Waals surface area contributed by atoms with Crippen LogP contribution in [0.1, 0.15) is 52.0 Å². The van der Waals surface area contributed by atoms with E-state index in [0.717, 1.165) is 43.5 Å². The first-order valence-electron chi connectivity index (χ1n) is 13.7. The summed E-state index contributed by atoms with van der Waals surface area (Å²) in [6.45, 7) is 2.80. The van der Waals surface area contributed by atoms with Gasteiger partial charge in [0, 0.05) is 33.3 Å². The van der Waals surface area contributed by atoms with E-state index in [2.05, 4.69) is 4.90 Å². The van der Waals surface area contributed by atoms with Crippen molar-refractivity contribution < 1.29 is 28.6 Å². The lowest BCUT2D eigenvalue weighted by molar-refractivity contribution is -0.134. The number of benzene rings is 2. The van der Waals surface area contributed by atoms with Crippen LogP contribution < -0.4 is 14.4 Å². The number of ether oxygens (including phenoxy) is 3. The number of fused-ring (bicyclic) bond motifs is 1. The van der Waals surface area contributed by atoms with E-state index in [1.165, 1.54) is 4.90 Å². The number of nitrogens with zero attached hydrogens (tertiary/aromatic N) is 3. The van der Waals surface area contributed by atoms with E-state index in [9.17, 15) is 14.4 Å². The Morgan fingerprint density at radius 3 is 2.62 bits per heavy atom. The summed E-state index contributed by atoms with van der Waals surface area (Å²) in [5.41, 5.74) is 2.70. The van der Waals surface area contributed by atoms with Crippen LogP contribution in [0.4, 0.5) is 5.69 Å². The molecule has 0 aromatic heterocycles. The molecule has 2 atom stereocenters. The van der Waals surface area contributed by atoms with Crippen LogP contribution >= 0.6 is 0 Å². The predicted octanol–water partition coefficient (Wildman–Crippen LogP) is 3.40. The molecular weight excluding hydrogens is 498 g/mol. The monoisotopic (exact) mass is 535 g/mol. The Balaban J connectivity index is 1.25. The summed E-state index contributed by atoms with van der Waals surface area (Å²) in [6, 6.07) is 11.3. The maximum atomic E-state index is 13.4. The second-order valence-electron chi connectivity index (χ2n) is 10.5. The zero-order chi connectivity index (χ0) is 27.5. The van der Waals surface area contributed by atoms with Crippen LogP contribution in [0.3, 0.4) is 0 Å². The van der Waals surface area contributed by atoms with Crippen molar-refractivity contribution in [3.63, 3.8) is 0 Å². The SMILES string of the molecule is COc1ccc(CCN(C)C(=O)C2CCCN(c3cccc4c3C(=O)N(CC3CCCO3)C4=O)C2)cc1OC. The Bertz CT molecular complexity index is 1240. The van der Waals surface area contributed by atoms with Crippen molar-refractivity contribution in [3.05, 3.63) is 53.1 Å². The molecule has 0 bridgehead atoms. The molecule has 39 heavy (non-hydrogen) atoms. The molecule has 0 saturated carbocycles. The Labute approximate surface area is 229 Å². The highest BCUT2D eigenvalue weighted by Gasteiger charge is 2.41. The second kappa shape index (κ2) is 11.7. The van der Waals surface area contributed by atoms with Crippen LogP contribution in [-0.2, 0) is 16.0 Å². The first kappa shape index (κ1) is 27.0. The number of likely N-dealkylation sites (N-methyl/N-ethyl adjacent to an activating group) is 1. The summed E-state index contributed by atoms with van der Waals surface area (Å²) in [5.74, 6) is 0.740. The van der Waals surface area contributed by atoms with Gasteiger partial charge in [0.05, 0.1) is 49.6 Å². The lowest BCUT2D eigenvalue weighted by Crippen LogP contribution is -2.44. The molecular formula is C30H37N3O6. The lowest BCUT2D eigenvalue weighted by atomic mass is 9.94. The van der Waals surface area contributed by atoms with E-state index in [1.807, 2.05) is 37.4 Å². The summed E-state index contributed by atoms with van der Waals surface area (Å²) in [6.07, 6.45) is 4.04. The van der Waals surface area contributed by atoms with Crippen LogP contribution in [0, 0.1) is 5.92 Å². The summed E-state index contributed by atoms with van der Waals surface area (Å²) in [5, 5.41) is 0. The average Bonchev–Trinajstić information content (AvgIpc) is 3.58. The van der Waals surface area contributed by atoms with E-state index in [0.29, 0.717) is 48.7 Å². The number of hydrogen-bond donors (Lipinski definition) is 0. The summed E-state index contributed by atoms with van der Waals surface area (Å²) < 4.78 is 16.4. The normalized spacial score (nSPS) is 20.8. The fourth-order valence-electron chi connectivity index (χ4n) is 5.89. The number of amides is 3. The van der Waals surface area contributed by atoms with Gasteiger partial charge in [0.25, 0.3) is 11.8 Å². The molecule has 5 rings (SSSR count). The van der Waals surface area contributed by atoms with E-state index < -0.39 is 0 Å². The highest BCUT2D eigenvalue weighted by molar-refractivity contribution is 6.23. The number of carbonyl (C=O) groups excluding carboxylic acids is 3. The van der Waals surface area contributed by atoms with Gasteiger partial charge in [-0.1, -0.05) is 12.1 Å². The van der Waals surface area contributed by atoms with Gasteiger partial charge in [-0.2, -0.15) is 0 Å². The quantitative estimate of drug-likeness (QED) is 0.455. The van der Waals surface area contributed by atoms with Gasteiger partial charge < -0.3 is 24.0 Å². The Morgan fingerprint density at radius 2 is 1.87 bits per heavy atom. The minimum atomic E-state index is -0.262. The molecule has 3 aliphatic heterocycles. The van der Waals surface area contributed by atoms with Crippen LogP contribution in [0.5, 0.6) is 11.5 Å². The van der Waals surface area contributed by atoms with Gasteiger partial charge in [-0.05, 0) is 61.9 Å². The fraction of sp³-hybridized carbons (Fsp3) is 0.500. The molecule has 0 spiro atoms. The molecule has 9 heteroatoms. The molecule has 2 aromatic rings. The molecule has 0 radical (unpaired) electrons. The predicted molar refractivity (Wildman–Crippen MR) is 147 cm³/mol. The van der Waals surface area contributed by atoms with E-state index in [4.69, 9.17) is 14.2 Å². The van der Waals surface area contributed by atoms with Crippen LogP contribution in [0.25, 0.3) is 0 Å². The zero-order valence-corrected chi connectivity index (χ0v) is 23.0. The molecule has 0 N–H and O–H groups in total. The lowest BCUT2D eigenvalue weighted by Gasteiger charge is -2.36. The van der Waals surface area contributed by atoms with E-state index in [1.54, 1.807) is 25.2 Å².